The van der Waals surface area contributed by atoms with Crippen LogP contribution in [0.25, 0.3) is 5.57 Å². The Labute approximate surface area is 144 Å². The predicted molar refractivity (Wildman–Crippen MR) is 95.7 cm³/mol. The van der Waals surface area contributed by atoms with Gasteiger partial charge in [0.2, 0.25) is 0 Å². The highest BCUT2D eigenvalue weighted by Gasteiger charge is 2.45. The van der Waals surface area contributed by atoms with Crippen molar-refractivity contribution in [1.29, 1.82) is 0 Å². The van der Waals surface area contributed by atoms with Gasteiger partial charge in [0.25, 0.3) is 0 Å². The molecule has 4 rings (SSSR count). The van der Waals surface area contributed by atoms with Crippen LogP contribution in [-0.4, -0.2) is 32.8 Å². The molecule has 0 spiro atoms. The summed E-state index contributed by atoms with van der Waals surface area (Å²) in [5.74, 6) is 0. The third-order valence-corrected chi connectivity index (χ3v) is 5.99. The van der Waals surface area contributed by atoms with E-state index in [1.165, 1.54) is 40.6 Å². The Balaban J connectivity index is 1.52. The molecule has 2 aromatic rings. The second-order valence-electron chi connectivity index (χ2n) is 6.70. The van der Waals surface area contributed by atoms with Crippen LogP contribution in [0.15, 0.2) is 29.8 Å². The molecule has 1 amide bonds. The Morgan fingerprint density at radius 3 is 3.00 bits per heavy atom. The fourth-order valence-electron chi connectivity index (χ4n) is 2.97. The molecule has 0 bridgehead atoms. The number of hydrogen-bond donors (Lipinski definition) is 1. The number of aryl methyl sites for hydroxylation is 1. The molecule has 0 radical (unpaired) electrons. The van der Waals surface area contributed by atoms with Crippen molar-refractivity contribution < 1.29 is 4.79 Å². The first kappa shape index (κ1) is 15.3. The third-order valence-electron chi connectivity index (χ3n) is 4.84. The molecule has 2 aliphatic rings. The molecule has 2 aromatic heterocycles. The summed E-state index contributed by atoms with van der Waals surface area (Å²) in [4.78, 5) is 26.3. The van der Waals surface area contributed by atoms with Crippen LogP contribution in [0.2, 0.25) is 0 Å². The van der Waals surface area contributed by atoms with Crippen LogP contribution in [0.1, 0.15) is 36.8 Å². The van der Waals surface area contributed by atoms with Crippen LogP contribution in [0, 0.1) is 12.3 Å². The zero-order chi connectivity index (χ0) is 16.7. The second-order valence-corrected chi connectivity index (χ2v) is 7.70. The zero-order valence-electron chi connectivity index (χ0n) is 13.7. The first-order valence-electron chi connectivity index (χ1n) is 8.05. The maximum Gasteiger partial charge on any atom is 0.333 e. The summed E-state index contributed by atoms with van der Waals surface area (Å²) in [6.45, 7) is 4.30. The van der Waals surface area contributed by atoms with Gasteiger partial charge in [-0.05, 0) is 43.3 Å². The van der Waals surface area contributed by atoms with E-state index in [2.05, 4.69) is 33.3 Å². The average molecular weight is 341 g/mol. The summed E-state index contributed by atoms with van der Waals surface area (Å²) in [6, 6.07) is 0.110. The Bertz CT molecular complexity index is 829. The SMILES string of the molecule is Cc1nc(NC(=O)n2ccnc2)sc1C1=CC=NC(C2(C)CC2)C1. The summed E-state index contributed by atoms with van der Waals surface area (Å²) in [6.07, 6.45) is 12.1. The number of allylic oxidation sites excluding steroid dienone is 1. The standard InChI is InChI=1S/C17H19N5OS/c1-11-14(12-3-6-19-13(9-12)17(2)4-5-17)24-15(20-11)21-16(23)22-8-7-18-10-22/h3,6-8,10,13H,4-5,9H2,1-2H3,(H,20,21,23). The lowest BCUT2D eigenvalue weighted by Gasteiger charge is -2.23. The van der Waals surface area contributed by atoms with Gasteiger partial charge >= 0.3 is 6.03 Å². The van der Waals surface area contributed by atoms with Crippen LogP contribution in [0.4, 0.5) is 9.93 Å². The number of aliphatic imine (C=N–C) groups is 1. The van der Waals surface area contributed by atoms with Gasteiger partial charge in [-0.2, -0.15) is 0 Å². The van der Waals surface area contributed by atoms with Gasteiger partial charge in [-0.3, -0.25) is 14.9 Å². The van der Waals surface area contributed by atoms with E-state index in [0.29, 0.717) is 16.6 Å². The topological polar surface area (TPSA) is 72.2 Å². The van der Waals surface area contributed by atoms with Crippen molar-refractivity contribution in [3.05, 3.63) is 35.4 Å². The predicted octanol–water partition coefficient (Wildman–Crippen LogP) is 3.75. The summed E-state index contributed by atoms with van der Waals surface area (Å²) < 4.78 is 1.40. The van der Waals surface area contributed by atoms with Crippen molar-refractivity contribution in [3.8, 4) is 0 Å². The molecule has 0 aromatic carbocycles. The number of dihydropyridines is 1. The monoisotopic (exact) mass is 341 g/mol. The summed E-state index contributed by atoms with van der Waals surface area (Å²) in [5.41, 5.74) is 2.58. The molecule has 3 heterocycles. The number of hydrogen-bond acceptors (Lipinski definition) is 5. The van der Waals surface area contributed by atoms with E-state index in [9.17, 15) is 4.79 Å². The smallest absolute Gasteiger partial charge is 0.289 e. The van der Waals surface area contributed by atoms with E-state index >= 15 is 0 Å². The second kappa shape index (κ2) is 5.66. The van der Waals surface area contributed by atoms with E-state index in [-0.39, 0.29) is 6.03 Å². The molecule has 1 aliphatic carbocycles. The lowest BCUT2D eigenvalue weighted by molar-refractivity contribution is 0.253. The van der Waals surface area contributed by atoms with Gasteiger partial charge in [-0.1, -0.05) is 18.3 Å². The number of imidazole rings is 1. The fraction of sp³-hybridized carbons (Fsp3) is 0.412. The van der Waals surface area contributed by atoms with Crippen molar-refractivity contribution >= 4 is 34.3 Å². The quantitative estimate of drug-likeness (QED) is 0.924. The molecule has 1 fully saturated rings. The number of carbonyl (C=O) groups is 1. The first-order valence-corrected chi connectivity index (χ1v) is 8.86. The van der Waals surface area contributed by atoms with Crippen molar-refractivity contribution in [2.24, 2.45) is 10.4 Å². The van der Waals surface area contributed by atoms with Crippen LogP contribution >= 0.6 is 11.3 Å². The number of rotatable bonds is 3. The maximum absolute atomic E-state index is 12.1. The molecule has 0 saturated heterocycles. The largest absolute Gasteiger partial charge is 0.333 e. The average Bonchev–Trinajstić information content (AvgIpc) is 3.00. The highest BCUT2D eigenvalue weighted by Crippen LogP contribution is 2.52. The number of thiazole rings is 1. The van der Waals surface area contributed by atoms with Gasteiger partial charge in [0.05, 0.1) is 16.6 Å². The highest BCUT2D eigenvalue weighted by molar-refractivity contribution is 7.17. The number of anilines is 1. The molecular formula is C17H19N5OS. The van der Waals surface area contributed by atoms with Crippen molar-refractivity contribution in [1.82, 2.24) is 14.5 Å². The Morgan fingerprint density at radius 2 is 2.29 bits per heavy atom. The molecule has 24 heavy (non-hydrogen) atoms. The van der Waals surface area contributed by atoms with Gasteiger partial charge in [0.1, 0.15) is 6.33 Å². The molecule has 1 atom stereocenters. The Hall–Kier alpha value is -2.28. The van der Waals surface area contributed by atoms with E-state index < -0.39 is 0 Å². The zero-order valence-corrected chi connectivity index (χ0v) is 14.5. The van der Waals surface area contributed by atoms with E-state index in [1.807, 2.05) is 13.1 Å². The maximum atomic E-state index is 12.1. The lowest BCUT2D eigenvalue weighted by Crippen LogP contribution is -2.19. The number of nitrogens with zero attached hydrogens (tertiary/aromatic N) is 4. The van der Waals surface area contributed by atoms with E-state index in [0.717, 1.165) is 17.0 Å². The fourth-order valence-corrected chi connectivity index (χ4v) is 3.96. The number of carbonyl (C=O) groups excluding carboxylic acids is 1. The van der Waals surface area contributed by atoms with Crippen LogP contribution in [0.5, 0.6) is 0 Å². The van der Waals surface area contributed by atoms with Crippen molar-refractivity contribution in [3.63, 3.8) is 0 Å². The number of nitrogens with one attached hydrogen (secondary N) is 1. The van der Waals surface area contributed by atoms with Gasteiger partial charge in [-0.25, -0.2) is 14.8 Å². The summed E-state index contributed by atoms with van der Waals surface area (Å²) in [7, 11) is 0. The lowest BCUT2D eigenvalue weighted by atomic mass is 9.90. The normalized spacial score (nSPS) is 21.4. The van der Waals surface area contributed by atoms with Gasteiger partial charge in [0.15, 0.2) is 5.13 Å². The summed E-state index contributed by atoms with van der Waals surface area (Å²) >= 11 is 1.52. The number of aromatic nitrogens is 3. The molecule has 1 N–H and O–H groups in total. The van der Waals surface area contributed by atoms with Gasteiger partial charge in [0, 0.05) is 18.6 Å². The van der Waals surface area contributed by atoms with Crippen LogP contribution in [0.3, 0.4) is 0 Å². The molecule has 124 valence electrons. The van der Waals surface area contributed by atoms with Crippen LogP contribution < -0.4 is 5.32 Å². The first-order chi connectivity index (χ1) is 11.5. The van der Waals surface area contributed by atoms with Crippen molar-refractivity contribution in [2.45, 2.75) is 39.2 Å². The molecule has 1 saturated carbocycles. The molecule has 7 heteroatoms. The minimum Gasteiger partial charge on any atom is -0.289 e. The summed E-state index contributed by atoms with van der Waals surface area (Å²) in [5, 5.41) is 3.44. The highest BCUT2D eigenvalue weighted by atomic mass is 32.1. The van der Waals surface area contributed by atoms with Gasteiger partial charge < -0.3 is 0 Å². The Morgan fingerprint density at radius 1 is 1.46 bits per heavy atom. The van der Waals surface area contributed by atoms with E-state index in [4.69, 9.17) is 0 Å². The minimum absolute atomic E-state index is 0.254. The minimum atomic E-state index is -0.254. The molecule has 1 unspecified atom stereocenters. The molecule has 1 aliphatic heterocycles. The van der Waals surface area contributed by atoms with Gasteiger partial charge in [-0.15, -0.1) is 0 Å². The number of amides is 1. The van der Waals surface area contributed by atoms with Crippen LogP contribution in [-0.2, 0) is 0 Å². The van der Waals surface area contributed by atoms with E-state index in [1.54, 1.807) is 12.4 Å². The third kappa shape index (κ3) is 2.80. The van der Waals surface area contributed by atoms with Crippen molar-refractivity contribution in [2.75, 3.05) is 5.32 Å². The molecule has 6 nitrogen and oxygen atoms in total. The molecular weight excluding hydrogens is 322 g/mol. The Kier molecular flexibility index (Phi) is 3.60.